The number of anilines is 1. The minimum Gasteiger partial charge on any atom is -0.339 e. The van der Waals surface area contributed by atoms with Crippen LogP contribution in [0, 0.1) is 5.92 Å². The van der Waals surface area contributed by atoms with E-state index in [0.717, 1.165) is 40.7 Å². The first kappa shape index (κ1) is 25.1. The Bertz CT molecular complexity index is 1350. The Morgan fingerprint density at radius 3 is 2.69 bits per heavy atom. The molecule has 2 heterocycles. The van der Waals surface area contributed by atoms with Crippen molar-refractivity contribution in [2.75, 3.05) is 24.7 Å². The molecule has 8 nitrogen and oxygen atoms in total. The molecule has 1 fully saturated rings. The first-order valence-electron chi connectivity index (χ1n) is 11.7. The molecule has 1 atom stereocenters. The van der Waals surface area contributed by atoms with Gasteiger partial charge in [0.2, 0.25) is 5.91 Å². The summed E-state index contributed by atoms with van der Waals surface area (Å²) < 4.78 is 24.6. The van der Waals surface area contributed by atoms with Crippen molar-refractivity contribution in [2.45, 2.75) is 44.0 Å². The van der Waals surface area contributed by atoms with Crippen LogP contribution in [0.3, 0.4) is 0 Å². The quantitative estimate of drug-likeness (QED) is 0.482. The van der Waals surface area contributed by atoms with Crippen LogP contribution in [-0.2, 0) is 14.6 Å². The van der Waals surface area contributed by atoms with E-state index < -0.39 is 15.9 Å². The van der Waals surface area contributed by atoms with Crippen molar-refractivity contribution in [3.63, 3.8) is 0 Å². The van der Waals surface area contributed by atoms with E-state index in [9.17, 15) is 18.0 Å². The minimum absolute atomic E-state index is 0.0777. The van der Waals surface area contributed by atoms with Gasteiger partial charge in [-0.2, -0.15) is 0 Å². The van der Waals surface area contributed by atoms with Crippen LogP contribution in [0.15, 0.2) is 47.4 Å². The van der Waals surface area contributed by atoms with Crippen molar-refractivity contribution in [2.24, 2.45) is 5.92 Å². The van der Waals surface area contributed by atoms with E-state index in [0.29, 0.717) is 11.0 Å². The number of sulfone groups is 1. The molecule has 186 valence electrons. The Morgan fingerprint density at radius 1 is 1.17 bits per heavy atom. The van der Waals surface area contributed by atoms with E-state index in [1.807, 2.05) is 29.2 Å². The van der Waals surface area contributed by atoms with Gasteiger partial charge < -0.3 is 10.2 Å². The summed E-state index contributed by atoms with van der Waals surface area (Å²) in [5.41, 5.74) is 2.39. The standard InChI is InChI=1S/C25H30N4O4S2/c1-16(2)21-8-5-13-29(21)23(30)11-12-26-24(31)28-25-27-20-10-9-18(15-22(20)34-25)17-6-4-7-19(14-17)35(3,32)33/h4,6-7,9-10,14-16,21H,5,8,11-13H2,1-3H3,(H2,26,27,28,31). The van der Waals surface area contributed by atoms with Gasteiger partial charge in [-0.25, -0.2) is 18.2 Å². The van der Waals surface area contributed by atoms with Crippen molar-refractivity contribution in [3.8, 4) is 11.1 Å². The largest absolute Gasteiger partial charge is 0.339 e. The van der Waals surface area contributed by atoms with E-state index >= 15 is 0 Å². The normalized spacial score (nSPS) is 16.1. The number of rotatable bonds is 7. The van der Waals surface area contributed by atoms with Crippen molar-refractivity contribution >= 4 is 48.5 Å². The lowest BCUT2D eigenvalue weighted by molar-refractivity contribution is -0.132. The summed E-state index contributed by atoms with van der Waals surface area (Å²) in [6, 6.07) is 12.3. The van der Waals surface area contributed by atoms with Crippen LogP contribution in [0.4, 0.5) is 9.93 Å². The Hall–Kier alpha value is -2.98. The molecule has 0 saturated carbocycles. The average Bonchev–Trinajstić information content (AvgIpc) is 3.45. The second-order valence-corrected chi connectivity index (χ2v) is 12.2. The van der Waals surface area contributed by atoms with Gasteiger partial charge in [-0.3, -0.25) is 10.1 Å². The summed E-state index contributed by atoms with van der Waals surface area (Å²) >= 11 is 1.33. The van der Waals surface area contributed by atoms with E-state index in [1.54, 1.807) is 18.2 Å². The molecule has 3 aromatic rings. The number of amides is 3. The zero-order valence-electron chi connectivity index (χ0n) is 20.1. The smallest absolute Gasteiger partial charge is 0.321 e. The van der Waals surface area contributed by atoms with Gasteiger partial charge in [0.1, 0.15) is 0 Å². The number of benzene rings is 2. The number of nitrogens with zero attached hydrogens (tertiary/aromatic N) is 2. The van der Waals surface area contributed by atoms with Gasteiger partial charge in [0.05, 0.1) is 15.1 Å². The van der Waals surface area contributed by atoms with Crippen molar-refractivity contribution in [3.05, 3.63) is 42.5 Å². The van der Waals surface area contributed by atoms with E-state index in [2.05, 4.69) is 29.5 Å². The van der Waals surface area contributed by atoms with Gasteiger partial charge in [0, 0.05) is 31.8 Å². The van der Waals surface area contributed by atoms with Crippen molar-refractivity contribution in [1.82, 2.24) is 15.2 Å². The van der Waals surface area contributed by atoms with Crippen LogP contribution >= 0.6 is 11.3 Å². The predicted octanol–water partition coefficient (Wildman–Crippen LogP) is 4.53. The average molecular weight is 515 g/mol. The number of hydrogen-bond acceptors (Lipinski definition) is 6. The Labute approximate surface area is 209 Å². The van der Waals surface area contributed by atoms with Crippen molar-refractivity contribution < 1.29 is 18.0 Å². The summed E-state index contributed by atoms with van der Waals surface area (Å²) in [6.45, 7) is 5.32. The number of aromatic nitrogens is 1. The molecule has 0 bridgehead atoms. The van der Waals surface area contributed by atoms with Gasteiger partial charge in [-0.1, -0.05) is 43.4 Å². The van der Waals surface area contributed by atoms with Gasteiger partial charge in [0.25, 0.3) is 0 Å². The molecular weight excluding hydrogens is 484 g/mol. The predicted molar refractivity (Wildman–Crippen MR) is 139 cm³/mol. The third-order valence-electron chi connectivity index (χ3n) is 6.22. The summed E-state index contributed by atoms with van der Waals surface area (Å²) in [6.07, 6.45) is 3.53. The lowest BCUT2D eigenvalue weighted by Gasteiger charge is -2.27. The van der Waals surface area contributed by atoms with Gasteiger partial charge >= 0.3 is 6.03 Å². The van der Waals surface area contributed by atoms with Crippen LogP contribution in [0.25, 0.3) is 21.3 Å². The maximum Gasteiger partial charge on any atom is 0.321 e. The van der Waals surface area contributed by atoms with Gasteiger partial charge in [-0.15, -0.1) is 0 Å². The number of nitrogens with one attached hydrogen (secondary N) is 2. The SMILES string of the molecule is CC(C)C1CCCN1C(=O)CCNC(=O)Nc1nc2ccc(-c3cccc(S(C)(=O)=O)c3)cc2s1. The van der Waals surface area contributed by atoms with Gasteiger partial charge in [0.15, 0.2) is 15.0 Å². The summed E-state index contributed by atoms with van der Waals surface area (Å²) in [7, 11) is -3.30. The fraction of sp³-hybridized carbons (Fsp3) is 0.400. The second-order valence-electron chi connectivity index (χ2n) is 9.17. The maximum atomic E-state index is 12.6. The number of thiazole rings is 1. The first-order chi connectivity index (χ1) is 16.6. The molecule has 1 aliphatic rings. The molecule has 2 aromatic carbocycles. The zero-order valence-corrected chi connectivity index (χ0v) is 21.7. The topological polar surface area (TPSA) is 108 Å². The number of urea groups is 1. The van der Waals surface area contributed by atoms with Crippen LogP contribution in [0.2, 0.25) is 0 Å². The number of likely N-dealkylation sites (tertiary alicyclic amines) is 1. The number of carbonyl (C=O) groups is 2. The Morgan fingerprint density at radius 2 is 1.94 bits per heavy atom. The number of fused-ring (bicyclic) bond motifs is 1. The van der Waals surface area contributed by atoms with E-state index in [1.165, 1.54) is 17.6 Å². The van der Waals surface area contributed by atoms with E-state index in [4.69, 9.17) is 0 Å². The Kier molecular flexibility index (Phi) is 7.42. The molecule has 1 aromatic heterocycles. The van der Waals surface area contributed by atoms with Crippen LogP contribution < -0.4 is 10.6 Å². The molecule has 10 heteroatoms. The molecule has 4 rings (SSSR count). The molecule has 3 amide bonds. The highest BCUT2D eigenvalue weighted by atomic mass is 32.2. The van der Waals surface area contributed by atoms with Crippen molar-refractivity contribution in [1.29, 1.82) is 0 Å². The molecule has 35 heavy (non-hydrogen) atoms. The molecule has 0 aliphatic carbocycles. The minimum atomic E-state index is -3.30. The Balaban J connectivity index is 1.36. The van der Waals surface area contributed by atoms with Crippen LogP contribution in [0.5, 0.6) is 0 Å². The van der Waals surface area contributed by atoms with Crippen LogP contribution in [0.1, 0.15) is 33.1 Å². The highest BCUT2D eigenvalue weighted by molar-refractivity contribution is 7.90. The fourth-order valence-electron chi connectivity index (χ4n) is 4.43. The fourth-order valence-corrected chi connectivity index (χ4v) is 5.99. The molecule has 1 saturated heterocycles. The summed E-state index contributed by atoms with van der Waals surface area (Å²) in [4.78, 5) is 31.6. The molecule has 2 N–H and O–H groups in total. The molecule has 0 radical (unpaired) electrons. The molecule has 0 spiro atoms. The summed E-state index contributed by atoms with van der Waals surface area (Å²) in [5.74, 6) is 0.509. The zero-order chi connectivity index (χ0) is 25.2. The first-order valence-corrected chi connectivity index (χ1v) is 14.4. The lowest BCUT2D eigenvalue weighted by Crippen LogP contribution is -2.40. The molecule has 1 unspecified atom stereocenters. The number of hydrogen-bond donors (Lipinski definition) is 2. The lowest BCUT2D eigenvalue weighted by atomic mass is 10.0. The summed E-state index contributed by atoms with van der Waals surface area (Å²) in [5, 5.41) is 5.94. The monoisotopic (exact) mass is 514 g/mol. The van der Waals surface area contributed by atoms with E-state index in [-0.39, 0.29) is 29.8 Å². The highest BCUT2D eigenvalue weighted by Crippen LogP contribution is 2.31. The van der Waals surface area contributed by atoms with Gasteiger partial charge in [-0.05, 0) is 54.2 Å². The maximum absolute atomic E-state index is 12.6. The molecule has 1 aliphatic heterocycles. The molecular formula is C25H30N4O4S2. The van der Waals surface area contributed by atoms with Crippen LogP contribution in [-0.4, -0.2) is 55.6 Å². The highest BCUT2D eigenvalue weighted by Gasteiger charge is 2.30. The third-order valence-corrected chi connectivity index (χ3v) is 8.26. The number of carbonyl (C=O) groups excluding carboxylic acids is 2. The second kappa shape index (κ2) is 10.3. The third kappa shape index (κ3) is 5.99.